The molecule has 0 aliphatic carbocycles. The maximum absolute atomic E-state index is 12.7. The van der Waals surface area contributed by atoms with Crippen LogP contribution in [0.2, 0.25) is 5.02 Å². The first-order valence-electron chi connectivity index (χ1n) is 7.11. The third kappa shape index (κ3) is 5.34. The van der Waals surface area contributed by atoms with Crippen LogP contribution in [-0.2, 0) is 4.79 Å². The molecule has 0 radical (unpaired) electrons. The number of nitrogens with one attached hydrogen (secondary N) is 1. The number of nitrogens with zero attached hydrogens (tertiary/aromatic N) is 1. The summed E-state index contributed by atoms with van der Waals surface area (Å²) >= 11 is 6.19. The van der Waals surface area contributed by atoms with Gasteiger partial charge in [0, 0.05) is 0 Å². The molecule has 130 valence electrons. The number of hydrogen-bond donors (Lipinski definition) is 1. The van der Waals surface area contributed by atoms with Crippen molar-refractivity contribution in [3.8, 4) is 11.8 Å². The van der Waals surface area contributed by atoms with E-state index in [0.717, 1.165) is 0 Å². The quantitative estimate of drug-likeness (QED) is 0.719. The van der Waals surface area contributed by atoms with E-state index in [0.29, 0.717) is 11.3 Å². The Morgan fingerprint density at radius 1 is 1.28 bits per heavy atom. The van der Waals surface area contributed by atoms with Crippen molar-refractivity contribution >= 4 is 35.0 Å². The van der Waals surface area contributed by atoms with Crippen LogP contribution in [0, 0.1) is 11.3 Å². The van der Waals surface area contributed by atoms with Crippen molar-refractivity contribution in [1.29, 1.82) is 5.26 Å². The number of ether oxygens (including phenoxy) is 1. The minimum atomic E-state index is -2.66. The summed E-state index contributed by atoms with van der Waals surface area (Å²) in [6, 6.07) is 12.8. The van der Waals surface area contributed by atoms with Crippen molar-refractivity contribution in [2.24, 2.45) is 0 Å². The number of amides is 1. The van der Waals surface area contributed by atoms with E-state index in [4.69, 9.17) is 21.6 Å². The van der Waals surface area contributed by atoms with E-state index in [-0.39, 0.29) is 27.4 Å². The first-order valence-corrected chi connectivity index (χ1v) is 8.37. The Morgan fingerprint density at radius 2 is 1.96 bits per heavy atom. The Balaban J connectivity index is 2.08. The van der Waals surface area contributed by atoms with Crippen LogP contribution >= 0.6 is 23.4 Å². The standard InChI is InChI=1S/C17H13ClF2N2O2S/c1-10(24-12-7-5-11(9-21)6-8-12)16(23)22-14-4-2-3-13(18)15(14)25-17(19)20/h2-8,10,17H,1H3,(H,22,23). The highest BCUT2D eigenvalue weighted by molar-refractivity contribution is 7.99. The summed E-state index contributed by atoms with van der Waals surface area (Å²) in [4.78, 5) is 12.4. The highest BCUT2D eigenvalue weighted by Crippen LogP contribution is 2.37. The van der Waals surface area contributed by atoms with Gasteiger partial charge in [0.2, 0.25) is 0 Å². The SMILES string of the molecule is CC(Oc1ccc(C#N)cc1)C(=O)Nc1cccc(Cl)c1SC(F)F. The zero-order valence-corrected chi connectivity index (χ0v) is 14.6. The van der Waals surface area contributed by atoms with Crippen LogP contribution in [0.4, 0.5) is 14.5 Å². The smallest absolute Gasteiger partial charge is 0.289 e. The largest absolute Gasteiger partial charge is 0.481 e. The van der Waals surface area contributed by atoms with Gasteiger partial charge in [-0.2, -0.15) is 14.0 Å². The van der Waals surface area contributed by atoms with E-state index in [1.54, 1.807) is 30.3 Å². The highest BCUT2D eigenvalue weighted by atomic mass is 35.5. The molecule has 0 aliphatic heterocycles. The normalized spacial score (nSPS) is 11.7. The lowest BCUT2D eigenvalue weighted by molar-refractivity contribution is -0.122. The van der Waals surface area contributed by atoms with Crippen LogP contribution in [-0.4, -0.2) is 17.8 Å². The van der Waals surface area contributed by atoms with Crippen LogP contribution in [0.5, 0.6) is 5.75 Å². The molecule has 2 aromatic carbocycles. The Labute approximate surface area is 152 Å². The first kappa shape index (κ1) is 19.0. The maximum Gasteiger partial charge on any atom is 0.289 e. The molecule has 2 aromatic rings. The second-order valence-corrected chi connectivity index (χ2v) is 6.29. The number of nitriles is 1. The monoisotopic (exact) mass is 382 g/mol. The van der Waals surface area contributed by atoms with E-state index in [9.17, 15) is 13.6 Å². The average Bonchev–Trinajstić information content (AvgIpc) is 2.58. The third-order valence-corrected chi connectivity index (χ3v) is 4.38. The lowest BCUT2D eigenvalue weighted by Gasteiger charge is -2.17. The molecule has 0 aromatic heterocycles. The minimum absolute atomic E-state index is 0.0955. The molecule has 0 fully saturated rings. The summed E-state index contributed by atoms with van der Waals surface area (Å²) in [5, 5.41) is 11.4. The van der Waals surface area contributed by atoms with Crippen molar-refractivity contribution < 1.29 is 18.3 Å². The fourth-order valence-electron chi connectivity index (χ4n) is 1.92. The number of benzene rings is 2. The van der Waals surface area contributed by atoms with Crippen LogP contribution in [0.1, 0.15) is 12.5 Å². The van der Waals surface area contributed by atoms with Gasteiger partial charge in [0.1, 0.15) is 5.75 Å². The molecule has 1 unspecified atom stereocenters. The topological polar surface area (TPSA) is 62.1 Å². The van der Waals surface area contributed by atoms with E-state index in [2.05, 4.69) is 5.32 Å². The molecule has 0 saturated heterocycles. The second kappa shape index (κ2) is 8.70. The molecule has 0 aliphatic rings. The van der Waals surface area contributed by atoms with Gasteiger partial charge in [-0.25, -0.2) is 0 Å². The summed E-state index contributed by atoms with van der Waals surface area (Å²) in [7, 11) is 0. The molecule has 1 atom stereocenters. The molecule has 0 heterocycles. The first-order chi connectivity index (χ1) is 11.9. The summed E-state index contributed by atoms with van der Waals surface area (Å²) < 4.78 is 30.8. The second-order valence-electron chi connectivity index (χ2n) is 4.88. The number of hydrogen-bond acceptors (Lipinski definition) is 4. The van der Waals surface area contributed by atoms with Crippen LogP contribution in [0.3, 0.4) is 0 Å². The van der Waals surface area contributed by atoms with E-state index in [1.807, 2.05) is 6.07 Å². The number of carbonyl (C=O) groups excluding carboxylic acids is 1. The van der Waals surface area contributed by atoms with Gasteiger partial charge < -0.3 is 10.1 Å². The summed E-state index contributed by atoms with van der Waals surface area (Å²) in [5.41, 5.74) is 0.662. The lowest BCUT2D eigenvalue weighted by atomic mass is 10.2. The molecule has 0 spiro atoms. The van der Waals surface area contributed by atoms with Gasteiger partial charge in [0.15, 0.2) is 6.10 Å². The van der Waals surface area contributed by atoms with Crippen molar-refractivity contribution in [3.63, 3.8) is 0 Å². The fraction of sp³-hybridized carbons (Fsp3) is 0.176. The predicted molar refractivity (Wildman–Crippen MR) is 93.2 cm³/mol. The Bertz CT molecular complexity index is 794. The summed E-state index contributed by atoms with van der Waals surface area (Å²) in [6.07, 6.45) is -0.878. The number of rotatable bonds is 6. The van der Waals surface area contributed by atoms with Crippen molar-refractivity contribution in [2.45, 2.75) is 23.7 Å². The number of carbonyl (C=O) groups is 1. The molecular formula is C17H13ClF2N2O2S. The van der Waals surface area contributed by atoms with Gasteiger partial charge in [-0.15, -0.1) is 0 Å². The van der Waals surface area contributed by atoms with Gasteiger partial charge >= 0.3 is 0 Å². The zero-order chi connectivity index (χ0) is 18.4. The van der Waals surface area contributed by atoms with Gasteiger partial charge in [-0.1, -0.05) is 29.4 Å². The van der Waals surface area contributed by atoms with Crippen molar-refractivity contribution in [3.05, 3.63) is 53.1 Å². The maximum atomic E-state index is 12.7. The summed E-state index contributed by atoms with van der Waals surface area (Å²) in [6.45, 7) is 1.53. The molecule has 2 rings (SSSR count). The summed E-state index contributed by atoms with van der Waals surface area (Å²) in [5.74, 6) is -2.76. The third-order valence-electron chi connectivity index (χ3n) is 3.10. The van der Waals surface area contributed by atoms with Gasteiger partial charge in [-0.05, 0) is 43.3 Å². The number of alkyl halides is 2. The molecule has 0 bridgehead atoms. The van der Waals surface area contributed by atoms with Gasteiger partial charge in [0.25, 0.3) is 11.7 Å². The van der Waals surface area contributed by atoms with Crippen LogP contribution < -0.4 is 10.1 Å². The fourth-order valence-corrected chi connectivity index (χ4v) is 2.83. The van der Waals surface area contributed by atoms with Crippen molar-refractivity contribution in [2.75, 3.05) is 5.32 Å². The van der Waals surface area contributed by atoms with Crippen molar-refractivity contribution in [1.82, 2.24) is 0 Å². The number of halogens is 3. The van der Waals surface area contributed by atoms with Gasteiger partial charge in [0.05, 0.1) is 27.2 Å². The molecular weight excluding hydrogens is 370 g/mol. The lowest BCUT2D eigenvalue weighted by Crippen LogP contribution is -2.30. The average molecular weight is 383 g/mol. The number of anilines is 1. The van der Waals surface area contributed by atoms with E-state index in [1.165, 1.54) is 19.1 Å². The Morgan fingerprint density at radius 3 is 2.56 bits per heavy atom. The zero-order valence-electron chi connectivity index (χ0n) is 13.0. The van der Waals surface area contributed by atoms with E-state index < -0.39 is 17.8 Å². The molecule has 1 amide bonds. The Kier molecular flexibility index (Phi) is 6.62. The molecule has 0 saturated carbocycles. The highest BCUT2D eigenvalue weighted by Gasteiger charge is 2.19. The Hall–Kier alpha value is -2.30. The van der Waals surface area contributed by atoms with Gasteiger partial charge in [-0.3, -0.25) is 4.79 Å². The molecule has 25 heavy (non-hydrogen) atoms. The molecule has 8 heteroatoms. The minimum Gasteiger partial charge on any atom is -0.481 e. The molecule has 4 nitrogen and oxygen atoms in total. The molecule has 1 N–H and O–H groups in total. The van der Waals surface area contributed by atoms with Crippen LogP contribution in [0.25, 0.3) is 0 Å². The van der Waals surface area contributed by atoms with E-state index >= 15 is 0 Å². The van der Waals surface area contributed by atoms with Crippen LogP contribution in [0.15, 0.2) is 47.4 Å². The predicted octanol–water partition coefficient (Wildman–Crippen LogP) is 4.93. The number of thioether (sulfide) groups is 1.